The molecule has 0 bridgehead atoms. The van der Waals surface area contributed by atoms with Crippen LogP contribution < -0.4 is 5.32 Å². The minimum absolute atomic E-state index is 0.0344. The number of aryl methyl sites for hydroxylation is 2. The molecule has 3 aromatic rings. The Morgan fingerprint density at radius 3 is 2.80 bits per heavy atom. The Morgan fingerprint density at radius 1 is 1.20 bits per heavy atom. The maximum Gasteiger partial charge on any atom is 0.322 e. The lowest BCUT2D eigenvalue weighted by Crippen LogP contribution is -2.12. The second-order valence-electron chi connectivity index (χ2n) is 5.75. The van der Waals surface area contributed by atoms with Crippen LogP contribution in [-0.2, 0) is 6.42 Å². The zero-order valence-electron chi connectivity index (χ0n) is 13.9. The lowest BCUT2D eigenvalue weighted by atomic mass is 10.0. The second-order valence-corrected chi connectivity index (χ2v) is 5.75. The van der Waals surface area contributed by atoms with Gasteiger partial charge in [-0.15, -0.1) is 5.10 Å². The van der Waals surface area contributed by atoms with Gasteiger partial charge in [-0.3, -0.25) is 10.1 Å². The maximum absolute atomic E-state index is 12.2. The minimum atomic E-state index is -0.404. The van der Waals surface area contributed by atoms with E-state index in [1.54, 1.807) is 18.2 Å². The molecular weight excluding hydrogens is 316 g/mol. The van der Waals surface area contributed by atoms with Gasteiger partial charge in [0.05, 0.1) is 18.1 Å². The van der Waals surface area contributed by atoms with Gasteiger partial charge in [-0.05, 0) is 43.2 Å². The van der Waals surface area contributed by atoms with Gasteiger partial charge >= 0.3 is 6.01 Å². The number of nitrogens with zero attached hydrogens (tertiary/aromatic N) is 3. The first-order valence-electron chi connectivity index (χ1n) is 7.75. The molecule has 0 spiro atoms. The molecule has 0 unspecified atom stereocenters. The molecule has 0 fully saturated rings. The number of aromatic nitrogens is 2. The molecule has 0 saturated heterocycles. The summed E-state index contributed by atoms with van der Waals surface area (Å²) in [7, 11) is 0. The third kappa shape index (κ3) is 3.90. The van der Waals surface area contributed by atoms with Gasteiger partial charge in [-0.1, -0.05) is 34.9 Å². The van der Waals surface area contributed by atoms with Crippen molar-refractivity contribution < 1.29 is 9.21 Å². The van der Waals surface area contributed by atoms with Crippen LogP contribution in [0.15, 0.2) is 46.9 Å². The van der Waals surface area contributed by atoms with Crippen LogP contribution in [0, 0.1) is 25.2 Å². The molecule has 3 rings (SSSR count). The molecule has 1 aromatic heterocycles. The fourth-order valence-corrected chi connectivity index (χ4v) is 2.48. The summed E-state index contributed by atoms with van der Waals surface area (Å²) in [4.78, 5) is 12.2. The van der Waals surface area contributed by atoms with Gasteiger partial charge in [0.25, 0.3) is 5.91 Å². The Balaban J connectivity index is 1.71. The second kappa shape index (κ2) is 6.97. The molecule has 0 radical (unpaired) electrons. The SMILES string of the molecule is Cc1ccc(Cc2nnc(NC(=O)c3cccc(C#N)c3)o2)c(C)c1. The number of hydrogen-bond acceptors (Lipinski definition) is 5. The van der Waals surface area contributed by atoms with Crippen molar-refractivity contribution in [2.24, 2.45) is 0 Å². The highest BCUT2D eigenvalue weighted by Gasteiger charge is 2.13. The molecule has 0 saturated carbocycles. The van der Waals surface area contributed by atoms with Crippen LogP contribution >= 0.6 is 0 Å². The molecule has 6 nitrogen and oxygen atoms in total. The Bertz CT molecular complexity index is 970. The topological polar surface area (TPSA) is 91.8 Å². The van der Waals surface area contributed by atoms with Gasteiger partial charge in [0.2, 0.25) is 5.89 Å². The van der Waals surface area contributed by atoms with Crippen LogP contribution in [0.1, 0.15) is 38.5 Å². The highest BCUT2D eigenvalue weighted by molar-refractivity contribution is 6.03. The molecule has 0 aliphatic heterocycles. The van der Waals surface area contributed by atoms with Gasteiger partial charge in [0.15, 0.2) is 0 Å². The first-order chi connectivity index (χ1) is 12.0. The van der Waals surface area contributed by atoms with Crippen LogP contribution in [0.5, 0.6) is 0 Å². The molecule has 1 N–H and O–H groups in total. The van der Waals surface area contributed by atoms with E-state index in [1.165, 1.54) is 11.6 Å². The third-order valence-corrected chi connectivity index (χ3v) is 3.78. The number of rotatable bonds is 4. The molecule has 124 valence electrons. The van der Waals surface area contributed by atoms with Crippen molar-refractivity contribution in [2.45, 2.75) is 20.3 Å². The zero-order valence-corrected chi connectivity index (χ0v) is 13.9. The highest BCUT2D eigenvalue weighted by Crippen LogP contribution is 2.16. The van der Waals surface area contributed by atoms with E-state index in [0.717, 1.165) is 11.1 Å². The van der Waals surface area contributed by atoms with Gasteiger partial charge in [0, 0.05) is 5.56 Å². The largest absolute Gasteiger partial charge is 0.407 e. The number of carbonyl (C=O) groups is 1. The first kappa shape index (κ1) is 16.4. The number of nitriles is 1. The summed E-state index contributed by atoms with van der Waals surface area (Å²) < 4.78 is 5.50. The molecule has 1 amide bonds. The van der Waals surface area contributed by atoms with Crippen molar-refractivity contribution in [2.75, 3.05) is 5.32 Å². The van der Waals surface area contributed by atoms with E-state index in [2.05, 4.69) is 21.6 Å². The average molecular weight is 332 g/mol. The van der Waals surface area contributed by atoms with E-state index in [4.69, 9.17) is 9.68 Å². The minimum Gasteiger partial charge on any atom is -0.407 e. The van der Waals surface area contributed by atoms with Gasteiger partial charge in [-0.25, -0.2) is 0 Å². The highest BCUT2D eigenvalue weighted by atomic mass is 16.4. The predicted octanol–water partition coefficient (Wildman–Crippen LogP) is 3.40. The number of anilines is 1. The Morgan fingerprint density at radius 2 is 2.04 bits per heavy atom. The lowest BCUT2D eigenvalue weighted by Gasteiger charge is -2.04. The summed E-state index contributed by atoms with van der Waals surface area (Å²) in [6.45, 7) is 4.07. The zero-order chi connectivity index (χ0) is 17.8. The van der Waals surface area contributed by atoms with Crippen LogP contribution in [0.4, 0.5) is 6.01 Å². The van der Waals surface area contributed by atoms with E-state index in [0.29, 0.717) is 23.4 Å². The molecule has 2 aromatic carbocycles. The Labute approximate surface area is 145 Å². The van der Waals surface area contributed by atoms with Crippen molar-refractivity contribution in [1.29, 1.82) is 5.26 Å². The Kier molecular flexibility index (Phi) is 4.57. The fourth-order valence-electron chi connectivity index (χ4n) is 2.48. The summed E-state index contributed by atoms with van der Waals surface area (Å²) in [5.41, 5.74) is 4.20. The summed E-state index contributed by atoms with van der Waals surface area (Å²) in [5.74, 6) is 0.0202. The van der Waals surface area contributed by atoms with E-state index in [9.17, 15) is 4.79 Å². The van der Waals surface area contributed by atoms with Crippen LogP contribution in [0.3, 0.4) is 0 Å². The van der Waals surface area contributed by atoms with E-state index in [-0.39, 0.29) is 6.01 Å². The maximum atomic E-state index is 12.2. The molecule has 25 heavy (non-hydrogen) atoms. The van der Waals surface area contributed by atoms with Crippen molar-refractivity contribution in [3.63, 3.8) is 0 Å². The van der Waals surface area contributed by atoms with Crippen molar-refractivity contribution >= 4 is 11.9 Å². The van der Waals surface area contributed by atoms with Crippen molar-refractivity contribution in [3.8, 4) is 6.07 Å². The van der Waals surface area contributed by atoms with Gasteiger partial charge < -0.3 is 4.42 Å². The molecule has 0 aliphatic carbocycles. The molecule has 1 heterocycles. The summed E-state index contributed by atoms with van der Waals surface area (Å²) in [5, 5.41) is 19.3. The van der Waals surface area contributed by atoms with Gasteiger partial charge in [0.1, 0.15) is 0 Å². The number of nitrogens with one attached hydrogen (secondary N) is 1. The van der Waals surface area contributed by atoms with E-state index < -0.39 is 5.91 Å². The quantitative estimate of drug-likeness (QED) is 0.790. The third-order valence-electron chi connectivity index (χ3n) is 3.78. The number of amides is 1. The predicted molar refractivity (Wildman–Crippen MR) is 92.1 cm³/mol. The first-order valence-corrected chi connectivity index (χ1v) is 7.75. The molecule has 0 aliphatic rings. The summed E-state index contributed by atoms with van der Waals surface area (Å²) in [6, 6.07) is 14.6. The average Bonchev–Trinajstić information content (AvgIpc) is 3.04. The van der Waals surface area contributed by atoms with Crippen LogP contribution in [-0.4, -0.2) is 16.1 Å². The number of hydrogen-bond donors (Lipinski definition) is 1. The molecule has 0 atom stereocenters. The Hall–Kier alpha value is -3.46. The molecule has 6 heteroatoms. The lowest BCUT2D eigenvalue weighted by molar-refractivity contribution is 0.102. The van der Waals surface area contributed by atoms with Gasteiger partial charge in [-0.2, -0.15) is 5.26 Å². The monoisotopic (exact) mass is 332 g/mol. The van der Waals surface area contributed by atoms with Crippen molar-refractivity contribution in [1.82, 2.24) is 10.2 Å². The normalized spacial score (nSPS) is 10.3. The summed E-state index contributed by atoms with van der Waals surface area (Å²) >= 11 is 0. The van der Waals surface area contributed by atoms with Crippen LogP contribution in [0.25, 0.3) is 0 Å². The van der Waals surface area contributed by atoms with E-state index in [1.807, 2.05) is 32.0 Å². The molecular formula is C19H16N4O2. The van der Waals surface area contributed by atoms with Crippen molar-refractivity contribution in [3.05, 3.63) is 76.2 Å². The smallest absolute Gasteiger partial charge is 0.322 e. The standard InChI is InChI=1S/C19H16N4O2/c1-12-6-7-15(13(2)8-12)10-17-22-23-19(25-17)21-18(24)16-5-3-4-14(9-16)11-20/h3-9H,10H2,1-2H3,(H,21,23,24). The fraction of sp³-hybridized carbons (Fsp3) is 0.158. The number of benzene rings is 2. The summed E-state index contributed by atoms with van der Waals surface area (Å²) in [6.07, 6.45) is 0.499. The number of carbonyl (C=O) groups excluding carboxylic acids is 1. The van der Waals surface area contributed by atoms with E-state index >= 15 is 0 Å². The van der Waals surface area contributed by atoms with Crippen LogP contribution in [0.2, 0.25) is 0 Å².